The van der Waals surface area contributed by atoms with Gasteiger partial charge in [0.05, 0.1) is 0 Å². The Morgan fingerprint density at radius 2 is 1.83 bits per heavy atom. The van der Waals surface area contributed by atoms with Crippen LogP contribution in [0.3, 0.4) is 0 Å². The molecule has 0 aliphatic carbocycles. The van der Waals surface area contributed by atoms with Crippen molar-refractivity contribution >= 4 is 20.9 Å². The minimum absolute atomic E-state index is 0. The fourth-order valence-corrected chi connectivity index (χ4v) is 1.75. The first-order chi connectivity index (χ1) is 4.92. The van der Waals surface area contributed by atoms with E-state index in [0.717, 1.165) is 6.26 Å². The second-order valence-electron chi connectivity index (χ2n) is 2.34. The van der Waals surface area contributed by atoms with E-state index >= 15 is 0 Å². The monoisotopic (exact) mass is 222 g/mol. The van der Waals surface area contributed by atoms with Gasteiger partial charge in [-0.25, -0.2) is 8.42 Å². The summed E-state index contributed by atoms with van der Waals surface area (Å²) < 4.78 is 41.0. The van der Waals surface area contributed by atoms with Crippen molar-refractivity contribution in [2.45, 2.75) is 12.8 Å². The molecule has 0 aromatic heterocycles. The van der Waals surface area contributed by atoms with Crippen molar-refractivity contribution in [1.29, 1.82) is 0 Å². The molecule has 0 radical (unpaired) electrons. The van der Waals surface area contributed by atoms with Gasteiger partial charge in [0, 0.05) is 17.8 Å². The van der Waals surface area contributed by atoms with Gasteiger partial charge in [0.25, 0.3) is 0 Å². The van der Waals surface area contributed by atoms with E-state index in [1.54, 1.807) is 0 Å². The molecule has 0 rings (SSSR count). The van der Waals surface area contributed by atoms with Gasteiger partial charge in [-0.1, -0.05) is 11.1 Å². The molecule has 0 bridgehead atoms. The number of hydrogen-bond donors (Lipinski definition) is 0. The molecule has 0 fully saturated rings. The second-order valence-corrected chi connectivity index (χ2v) is 5.62. The first kappa shape index (κ1) is 15.5. The van der Waals surface area contributed by atoms with Crippen LogP contribution in [0.1, 0.15) is 12.8 Å². The normalized spacial score (nSPS) is 13.5. The van der Waals surface area contributed by atoms with E-state index in [2.05, 4.69) is 0 Å². The maximum atomic E-state index is 10.5. The summed E-state index contributed by atoms with van der Waals surface area (Å²) in [5.74, 6) is 0.125. The molecule has 0 aromatic rings. The summed E-state index contributed by atoms with van der Waals surface area (Å²) in [7, 11) is -2.92. The number of hydrogen-bond acceptors (Lipinski definition) is 4. The first-order valence-corrected chi connectivity index (χ1v) is 6.46. The van der Waals surface area contributed by atoms with Gasteiger partial charge in [-0.2, -0.15) is 0 Å². The third-order valence-electron chi connectivity index (χ3n) is 1.08. The molecule has 4 nitrogen and oxygen atoms in total. The molecule has 0 aliphatic heterocycles. The fourth-order valence-electron chi connectivity index (χ4n) is 0.584. The standard InChI is InChI=1S/C5H12O4S2.Na/c1-11(8,9)5-3-2-4-10(6)7;/h2-5H2,1H3,(H,6,7);/q;+1/p-1. The average molecular weight is 222 g/mol. The molecular formula is C5H11NaO4S2. The van der Waals surface area contributed by atoms with Gasteiger partial charge in [-0.3, -0.25) is 4.21 Å². The first-order valence-electron chi connectivity index (χ1n) is 3.15. The van der Waals surface area contributed by atoms with Gasteiger partial charge >= 0.3 is 29.6 Å². The molecule has 0 N–H and O–H groups in total. The van der Waals surface area contributed by atoms with Crippen LogP contribution in [0.15, 0.2) is 0 Å². The molecule has 7 heteroatoms. The van der Waals surface area contributed by atoms with E-state index in [1.807, 2.05) is 0 Å². The van der Waals surface area contributed by atoms with Crippen LogP contribution in [0, 0.1) is 0 Å². The third kappa shape index (κ3) is 13.6. The Labute approximate surface area is 97.6 Å². The summed E-state index contributed by atoms with van der Waals surface area (Å²) in [6.07, 6.45) is 1.98. The molecule has 0 amide bonds. The molecule has 0 aliphatic rings. The Morgan fingerprint density at radius 3 is 2.17 bits per heavy atom. The van der Waals surface area contributed by atoms with Gasteiger partial charge in [-0.05, 0) is 12.8 Å². The van der Waals surface area contributed by atoms with Gasteiger partial charge in [0.2, 0.25) is 0 Å². The van der Waals surface area contributed by atoms with Crippen molar-refractivity contribution in [3.05, 3.63) is 0 Å². The maximum absolute atomic E-state index is 10.5. The Balaban J connectivity index is 0. The quantitative estimate of drug-likeness (QED) is 0.277. The van der Waals surface area contributed by atoms with Crippen molar-refractivity contribution in [1.82, 2.24) is 0 Å². The zero-order chi connectivity index (χ0) is 8.91. The van der Waals surface area contributed by atoms with Crippen LogP contribution in [0.25, 0.3) is 0 Å². The van der Waals surface area contributed by atoms with E-state index in [4.69, 9.17) is 0 Å². The van der Waals surface area contributed by atoms with Crippen molar-refractivity contribution in [3.63, 3.8) is 0 Å². The van der Waals surface area contributed by atoms with Crippen LogP contribution < -0.4 is 29.6 Å². The van der Waals surface area contributed by atoms with Crippen LogP contribution in [0.2, 0.25) is 0 Å². The van der Waals surface area contributed by atoms with Gasteiger partial charge in [-0.15, -0.1) is 0 Å². The van der Waals surface area contributed by atoms with Gasteiger partial charge in [0.15, 0.2) is 0 Å². The average Bonchev–Trinajstić information content (AvgIpc) is 1.78. The Hall–Kier alpha value is 1.06. The summed E-state index contributed by atoms with van der Waals surface area (Å²) >= 11 is -2.04. The Bertz CT molecular complexity index is 224. The van der Waals surface area contributed by atoms with Crippen molar-refractivity contribution in [2.75, 3.05) is 17.8 Å². The smallest absolute Gasteiger partial charge is 0.772 e. The molecule has 1 unspecified atom stereocenters. The van der Waals surface area contributed by atoms with Crippen molar-refractivity contribution < 1.29 is 46.7 Å². The molecule has 0 heterocycles. The van der Waals surface area contributed by atoms with Crippen molar-refractivity contribution in [3.8, 4) is 0 Å². The van der Waals surface area contributed by atoms with Crippen molar-refractivity contribution in [2.24, 2.45) is 0 Å². The van der Waals surface area contributed by atoms with Crippen LogP contribution in [0.5, 0.6) is 0 Å². The van der Waals surface area contributed by atoms with E-state index in [-0.39, 0.29) is 41.1 Å². The summed E-state index contributed by atoms with van der Waals surface area (Å²) in [4.78, 5) is 0. The number of rotatable bonds is 5. The van der Waals surface area contributed by atoms with E-state index < -0.39 is 20.9 Å². The maximum Gasteiger partial charge on any atom is 1.00 e. The zero-order valence-corrected chi connectivity index (χ0v) is 10.9. The van der Waals surface area contributed by atoms with Crippen LogP contribution in [-0.2, 0) is 20.9 Å². The van der Waals surface area contributed by atoms with E-state index in [9.17, 15) is 17.2 Å². The summed E-state index contributed by atoms with van der Waals surface area (Å²) in [5.41, 5.74) is 0. The van der Waals surface area contributed by atoms with E-state index in [0.29, 0.717) is 12.8 Å². The molecule has 0 saturated heterocycles. The molecule has 0 saturated carbocycles. The number of unbranched alkanes of at least 4 members (excludes halogenated alkanes) is 1. The Morgan fingerprint density at radius 1 is 1.33 bits per heavy atom. The predicted octanol–water partition coefficient (Wildman–Crippen LogP) is -3.31. The predicted molar refractivity (Wildman–Crippen MR) is 42.7 cm³/mol. The summed E-state index contributed by atoms with van der Waals surface area (Å²) in [5, 5.41) is 0. The molecule has 0 spiro atoms. The third-order valence-corrected chi connectivity index (χ3v) is 2.73. The summed E-state index contributed by atoms with van der Waals surface area (Å²) in [6.45, 7) is 0. The molecule has 1 atom stereocenters. The number of sulfone groups is 1. The van der Waals surface area contributed by atoms with Crippen LogP contribution in [0.4, 0.5) is 0 Å². The van der Waals surface area contributed by atoms with Crippen LogP contribution in [-0.4, -0.2) is 34.9 Å². The van der Waals surface area contributed by atoms with Gasteiger partial charge in [0.1, 0.15) is 9.84 Å². The molecule has 0 aromatic carbocycles. The second kappa shape index (κ2) is 7.46. The van der Waals surface area contributed by atoms with Gasteiger partial charge < -0.3 is 4.55 Å². The largest absolute Gasteiger partial charge is 1.00 e. The van der Waals surface area contributed by atoms with Crippen LogP contribution >= 0.6 is 0 Å². The molecular weight excluding hydrogens is 211 g/mol. The van der Waals surface area contributed by atoms with E-state index in [1.165, 1.54) is 0 Å². The minimum Gasteiger partial charge on any atom is -0.772 e. The molecule has 68 valence electrons. The SMILES string of the molecule is CS(=O)(=O)CCCCS(=O)[O-].[Na+]. The molecule has 12 heavy (non-hydrogen) atoms. The topological polar surface area (TPSA) is 74.3 Å². The Kier molecular flexibility index (Phi) is 9.66. The minimum atomic E-state index is -2.92. The fraction of sp³-hybridized carbons (Fsp3) is 1.00. The summed E-state index contributed by atoms with van der Waals surface area (Å²) in [6, 6.07) is 0. The zero-order valence-electron chi connectivity index (χ0n) is 7.28.